The molecule has 0 aromatic carbocycles. The standard InChI is InChI=1S/C10H11BrN2OS/c1-2-5-12-10-13-7(6-15-10)8-3-4-9(11)14-8/h3-4,6H,2,5H2,1H3,(H,12,13). The van der Waals surface area contributed by atoms with E-state index in [2.05, 4.69) is 33.2 Å². The Labute approximate surface area is 101 Å². The van der Waals surface area contributed by atoms with Crippen LogP contribution in [0.4, 0.5) is 5.13 Å². The van der Waals surface area contributed by atoms with Crippen LogP contribution in [0.2, 0.25) is 0 Å². The summed E-state index contributed by atoms with van der Waals surface area (Å²) in [7, 11) is 0. The maximum absolute atomic E-state index is 5.42. The Hall–Kier alpha value is -0.810. The molecule has 0 bridgehead atoms. The zero-order chi connectivity index (χ0) is 10.7. The van der Waals surface area contributed by atoms with Gasteiger partial charge in [0.25, 0.3) is 0 Å². The minimum Gasteiger partial charge on any atom is -0.448 e. The van der Waals surface area contributed by atoms with Gasteiger partial charge in [-0.15, -0.1) is 11.3 Å². The lowest BCUT2D eigenvalue weighted by atomic mass is 10.4. The molecule has 0 saturated heterocycles. The number of halogens is 1. The summed E-state index contributed by atoms with van der Waals surface area (Å²) < 4.78 is 6.15. The second-order valence-electron chi connectivity index (χ2n) is 3.07. The van der Waals surface area contributed by atoms with Gasteiger partial charge in [-0.05, 0) is 34.5 Å². The Bertz CT molecular complexity index is 438. The Balaban J connectivity index is 2.13. The molecule has 0 aliphatic rings. The summed E-state index contributed by atoms with van der Waals surface area (Å²) in [6.07, 6.45) is 1.10. The predicted octanol–water partition coefficient (Wildman–Crippen LogP) is 3.99. The lowest BCUT2D eigenvalue weighted by Gasteiger charge is -1.96. The van der Waals surface area contributed by atoms with E-state index < -0.39 is 0 Å². The average molecular weight is 287 g/mol. The summed E-state index contributed by atoms with van der Waals surface area (Å²) in [4.78, 5) is 4.42. The molecule has 1 N–H and O–H groups in total. The Morgan fingerprint density at radius 2 is 2.40 bits per heavy atom. The molecule has 0 radical (unpaired) electrons. The van der Waals surface area contributed by atoms with E-state index in [0.717, 1.165) is 34.2 Å². The summed E-state index contributed by atoms with van der Waals surface area (Å²) in [5.74, 6) is 0.794. The highest BCUT2D eigenvalue weighted by Crippen LogP contribution is 2.28. The molecule has 0 saturated carbocycles. The van der Waals surface area contributed by atoms with Crippen LogP contribution in [-0.4, -0.2) is 11.5 Å². The largest absolute Gasteiger partial charge is 0.448 e. The van der Waals surface area contributed by atoms with Gasteiger partial charge < -0.3 is 9.73 Å². The smallest absolute Gasteiger partial charge is 0.183 e. The maximum atomic E-state index is 5.42. The van der Waals surface area contributed by atoms with Crippen LogP contribution in [0.5, 0.6) is 0 Å². The van der Waals surface area contributed by atoms with Gasteiger partial charge in [0.2, 0.25) is 0 Å². The summed E-state index contributed by atoms with van der Waals surface area (Å²) in [5.41, 5.74) is 0.879. The van der Waals surface area contributed by atoms with E-state index in [9.17, 15) is 0 Å². The third-order valence-corrected chi connectivity index (χ3v) is 3.08. The third-order valence-electron chi connectivity index (χ3n) is 1.86. The highest BCUT2D eigenvalue weighted by Gasteiger charge is 2.07. The maximum Gasteiger partial charge on any atom is 0.183 e. The number of hydrogen-bond acceptors (Lipinski definition) is 4. The van der Waals surface area contributed by atoms with Gasteiger partial charge in [0.1, 0.15) is 5.69 Å². The number of hydrogen-bond donors (Lipinski definition) is 1. The van der Waals surface area contributed by atoms with Gasteiger partial charge in [0, 0.05) is 11.9 Å². The van der Waals surface area contributed by atoms with E-state index in [1.54, 1.807) is 11.3 Å². The minimum absolute atomic E-state index is 0.730. The molecule has 2 aromatic rings. The molecule has 3 nitrogen and oxygen atoms in total. The molecule has 5 heteroatoms. The van der Waals surface area contributed by atoms with Crippen molar-refractivity contribution >= 4 is 32.4 Å². The number of nitrogens with one attached hydrogen (secondary N) is 1. The highest BCUT2D eigenvalue weighted by atomic mass is 79.9. The third kappa shape index (κ3) is 2.60. The Morgan fingerprint density at radius 3 is 3.07 bits per heavy atom. The second-order valence-corrected chi connectivity index (χ2v) is 4.71. The van der Waals surface area contributed by atoms with Crippen molar-refractivity contribution in [2.24, 2.45) is 0 Å². The average Bonchev–Trinajstić information content (AvgIpc) is 2.83. The number of thiazole rings is 1. The first kappa shape index (κ1) is 10.7. The summed E-state index contributed by atoms with van der Waals surface area (Å²) in [5, 5.41) is 6.18. The van der Waals surface area contributed by atoms with Crippen LogP contribution in [0.25, 0.3) is 11.5 Å². The second kappa shape index (κ2) is 4.81. The fourth-order valence-corrected chi connectivity index (χ4v) is 2.19. The molecule has 2 heterocycles. The van der Waals surface area contributed by atoms with Crippen molar-refractivity contribution in [1.82, 2.24) is 4.98 Å². The normalized spacial score (nSPS) is 10.5. The summed E-state index contributed by atoms with van der Waals surface area (Å²) in [6, 6.07) is 3.77. The zero-order valence-corrected chi connectivity index (χ0v) is 10.7. The van der Waals surface area contributed by atoms with Crippen molar-refractivity contribution in [2.75, 3.05) is 11.9 Å². The molecule has 2 aromatic heterocycles. The van der Waals surface area contributed by atoms with E-state index >= 15 is 0 Å². The van der Waals surface area contributed by atoms with Crippen molar-refractivity contribution in [3.05, 3.63) is 22.2 Å². The molecule has 2 rings (SSSR count). The summed E-state index contributed by atoms with van der Waals surface area (Å²) >= 11 is 4.87. The molecule has 0 atom stereocenters. The van der Waals surface area contributed by atoms with Gasteiger partial charge in [-0.2, -0.15) is 0 Å². The Morgan fingerprint density at radius 1 is 1.53 bits per heavy atom. The first-order valence-corrected chi connectivity index (χ1v) is 6.42. The summed E-state index contributed by atoms with van der Waals surface area (Å²) in [6.45, 7) is 3.08. The number of nitrogens with zero attached hydrogens (tertiary/aromatic N) is 1. The fraction of sp³-hybridized carbons (Fsp3) is 0.300. The van der Waals surface area contributed by atoms with Crippen LogP contribution in [-0.2, 0) is 0 Å². The first-order chi connectivity index (χ1) is 7.29. The van der Waals surface area contributed by atoms with Crippen molar-refractivity contribution in [3.8, 4) is 11.5 Å². The van der Waals surface area contributed by atoms with Gasteiger partial charge in [-0.1, -0.05) is 6.92 Å². The van der Waals surface area contributed by atoms with Gasteiger partial charge in [-0.3, -0.25) is 0 Å². The fourth-order valence-electron chi connectivity index (χ4n) is 1.15. The minimum atomic E-state index is 0.730. The molecule has 0 aliphatic heterocycles. The molecular weight excluding hydrogens is 276 g/mol. The number of anilines is 1. The van der Waals surface area contributed by atoms with Crippen molar-refractivity contribution in [3.63, 3.8) is 0 Å². The molecule has 80 valence electrons. The highest BCUT2D eigenvalue weighted by molar-refractivity contribution is 9.10. The quantitative estimate of drug-likeness (QED) is 0.924. The molecule has 0 aliphatic carbocycles. The van der Waals surface area contributed by atoms with Gasteiger partial charge in [0.15, 0.2) is 15.6 Å². The molecule has 0 spiro atoms. The van der Waals surface area contributed by atoms with Crippen LogP contribution in [0, 0.1) is 0 Å². The van der Waals surface area contributed by atoms with Crippen LogP contribution in [0.3, 0.4) is 0 Å². The van der Waals surface area contributed by atoms with E-state index in [-0.39, 0.29) is 0 Å². The first-order valence-electron chi connectivity index (χ1n) is 4.74. The van der Waals surface area contributed by atoms with Gasteiger partial charge in [0.05, 0.1) is 0 Å². The monoisotopic (exact) mass is 286 g/mol. The SMILES string of the molecule is CCCNc1nc(-c2ccc(Br)o2)cs1. The molecule has 0 unspecified atom stereocenters. The van der Waals surface area contributed by atoms with E-state index in [1.807, 2.05) is 17.5 Å². The molecular formula is C10H11BrN2OS. The molecule has 0 fully saturated rings. The lowest BCUT2D eigenvalue weighted by Crippen LogP contribution is -1.98. The van der Waals surface area contributed by atoms with E-state index in [0.29, 0.717) is 0 Å². The van der Waals surface area contributed by atoms with E-state index in [4.69, 9.17) is 4.42 Å². The van der Waals surface area contributed by atoms with Crippen LogP contribution in [0.1, 0.15) is 13.3 Å². The molecule has 15 heavy (non-hydrogen) atoms. The van der Waals surface area contributed by atoms with Crippen LogP contribution >= 0.6 is 27.3 Å². The lowest BCUT2D eigenvalue weighted by molar-refractivity contribution is 0.554. The Kier molecular flexibility index (Phi) is 3.43. The van der Waals surface area contributed by atoms with E-state index in [1.165, 1.54) is 0 Å². The van der Waals surface area contributed by atoms with Crippen molar-refractivity contribution < 1.29 is 4.42 Å². The predicted molar refractivity (Wildman–Crippen MR) is 66.3 cm³/mol. The van der Waals surface area contributed by atoms with Gasteiger partial charge in [-0.25, -0.2) is 4.98 Å². The van der Waals surface area contributed by atoms with Crippen molar-refractivity contribution in [1.29, 1.82) is 0 Å². The molecule has 0 amide bonds. The van der Waals surface area contributed by atoms with Gasteiger partial charge >= 0.3 is 0 Å². The number of aromatic nitrogens is 1. The topological polar surface area (TPSA) is 38.1 Å². The van der Waals surface area contributed by atoms with Crippen molar-refractivity contribution in [2.45, 2.75) is 13.3 Å². The number of furan rings is 1. The van der Waals surface area contributed by atoms with Crippen LogP contribution in [0.15, 0.2) is 26.6 Å². The number of rotatable bonds is 4. The zero-order valence-electron chi connectivity index (χ0n) is 8.29. The van der Waals surface area contributed by atoms with Crippen LogP contribution < -0.4 is 5.32 Å².